The molecule has 4 heterocycles. The predicted octanol–water partition coefficient (Wildman–Crippen LogP) is 2.93. The molecule has 0 aromatic carbocycles. The molecule has 1 saturated heterocycles. The summed E-state index contributed by atoms with van der Waals surface area (Å²) in [5.74, 6) is 1.12. The van der Waals surface area contributed by atoms with E-state index in [1.807, 2.05) is 18.6 Å². The van der Waals surface area contributed by atoms with E-state index < -0.39 is 0 Å². The average molecular weight is 321 g/mol. The molecule has 124 valence electrons. The van der Waals surface area contributed by atoms with Gasteiger partial charge in [-0.15, -0.1) is 0 Å². The highest BCUT2D eigenvalue weighted by atomic mass is 15.2. The normalized spacial score (nSPS) is 14.6. The molecule has 0 spiro atoms. The average Bonchev–Trinajstić information content (AvgIpc) is 3.26. The third-order valence-corrected chi connectivity index (χ3v) is 4.57. The van der Waals surface area contributed by atoms with E-state index in [9.17, 15) is 0 Å². The van der Waals surface area contributed by atoms with Gasteiger partial charge < -0.3 is 14.6 Å². The molecule has 5 nitrogen and oxygen atoms in total. The fourth-order valence-corrected chi connectivity index (χ4v) is 3.42. The molecular weight excluding hydrogens is 298 g/mol. The van der Waals surface area contributed by atoms with Gasteiger partial charge in [-0.05, 0) is 43.5 Å². The Morgan fingerprint density at radius 1 is 1.12 bits per heavy atom. The van der Waals surface area contributed by atoms with Crippen molar-refractivity contribution in [1.82, 2.24) is 19.7 Å². The van der Waals surface area contributed by atoms with Crippen molar-refractivity contribution in [2.45, 2.75) is 32.9 Å². The van der Waals surface area contributed by atoms with Gasteiger partial charge >= 0.3 is 0 Å². The second-order valence-corrected chi connectivity index (χ2v) is 6.46. The van der Waals surface area contributed by atoms with Crippen LogP contribution >= 0.6 is 0 Å². The van der Waals surface area contributed by atoms with Gasteiger partial charge in [0.05, 0.1) is 0 Å². The molecule has 0 aliphatic carbocycles. The van der Waals surface area contributed by atoms with Crippen LogP contribution < -0.4 is 10.2 Å². The van der Waals surface area contributed by atoms with Gasteiger partial charge in [0.1, 0.15) is 11.5 Å². The summed E-state index contributed by atoms with van der Waals surface area (Å²) in [6.07, 6.45) is 8.40. The van der Waals surface area contributed by atoms with Crippen LogP contribution in [-0.2, 0) is 13.1 Å². The van der Waals surface area contributed by atoms with Crippen molar-refractivity contribution in [3.63, 3.8) is 0 Å². The number of nitrogens with one attached hydrogen (secondary N) is 1. The van der Waals surface area contributed by atoms with Gasteiger partial charge in [0.2, 0.25) is 0 Å². The maximum absolute atomic E-state index is 4.70. The lowest BCUT2D eigenvalue weighted by molar-refractivity contribution is 0.692. The first-order valence-electron chi connectivity index (χ1n) is 8.63. The molecule has 1 N–H and O–H groups in total. The summed E-state index contributed by atoms with van der Waals surface area (Å²) in [6, 6.07) is 8.58. The van der Waals surface area contributed by atoms with Gasteiger partial charge in [-0.1, -0.05) is 6.07 Å². The van der Waals surface area contributed by atoms with Gasteiger partial charge in [-0.25, -0.2) is 9.97 Å². The molecular formula is C19H23N5. The smallest absolute Gasteiger partial charge is 0.141 e. The number of rotatable bonds is 5. The van der Waals surface area contributed by atoms with E-state index in [4.69, 9.17) is 4.98 Å². The number of nitrogens with zero attached hydrogens (tertiary/aromatic N) is 4. The topological polar surface area (TPSA) is 45.5 Å². The van der Waals surface area contributed by atoms with Crippen molar-refractivity contribution in [3.05, 3.63) is 59.7 Å². The second kappa shape index (κ2) is 6.61. The maximum Gasteiger partial charge on any atom is 0.141 e. The number of aromatic nitrogens is 3. The highest BCUT2D eigenvalue weighted by molar-refractivity contribution is 5.47. The van der Waals surface area contributed by atoms with E-state index in [0.29, 0.717) is 0 Å². The summed E-state index contributed by atoms with van der Waals surface area (Å²) in [7, 11) is 0. The largest absolute Gasteiger partial charge is 0.357 e. The number of hydrogen-bond acceptors (Lipinski definition) is 4. The molecule has 0 radical (unpaired) electrons. The Kier molecular flexibility index (Phi) is 4.17. The zero-order valence-electron chi connectivity index (χ0n) is 14.1. The van der Waals surface area contributed by atoms with Crippen molar-refractivity contribution in [3.8, 4) is 0 Å². The van der Waals surface area contributed by atoms with E-state index >= 15 is 0 Å². The summed E-state index contributed by atoms with van der Waals surface area (Å²) in [4.78, 5) is 11.5. The van der Waals surface area contributed by atoms with Crippen molar-refractivity contribution in [2.24, 2.45) is 0 Å². The van der Waals surface area contributed by atoms with E-state index in [2.05, 4.69) is 50.8 Å². The Hall–Kier alpha value is -2.40. The summed E-state index contributed by atoms with van der Waals surface area (Å²) < 4.78 is 2.05. The van der Waals surface area contributed by atoms with Crippen molar-refractivity contribution >= 4 is 11.5 Å². The van der Waals surface area contributed by atoms with E-state index in [1.165, 1.54) is 24.0 Å². The Morgan fingerprint density at radius 2 is 2.00 bits per heavy atom. The number of pyridine rings is 2. The van der Waals surface area contributed by atoms with Gasteiger partial charge in [0.15, 0.2) is 0 Å². The lowest BCUT2D eigenvalue weighted by atomic mass is 10.2. The summed E-state index contributed by atoms with van der Waals surface area (Å²) in [5, 5.41) is 3.55. The van der Waals surface area contributed by atoms with Crippen molar-refractivity contribution in [2.75, 3.05) is 18.0 Å². The first-order valence-corrected chi connectivity index (χ1v) is 8.63. The Labute approximate surface area is 142 Å². The molecule has 4 rings (SSSR count). The van der Waals surface area contributed by atoms with Crippen molar-refractivity contribution < 1.29 is 0 Å². The Morgan fingerprint density at radius 3 is 2.88 bits per heavy atom. The standard InChI is InChI=1S/C19H23N5/c1-15-11-16(12-18(22-15)23-7-2-3-8-23)13-20-14-17-5-4-9-24-10-6-21-19(17)24/h4-6,9-12,20H,2-3,7-8,13-14H2,1H3. The predicted molar refractivity (Wildman–Crippen MR) is 96.2 cm³/mol. The highest BCUT2D eigenvalue weighted by Gasteiger charge is 2.14. The zero-order valence-corrected chi connectivity index (χ0v) is 14.1. The Balaban J connectivity index is 1.45. The molecule has 5 heteroatoms. The Bertz CT molecular complexity index is 833. The lowest BCUT2D eigenvalue weighted by Crippen LogP contribution is -2.20. The molecule has 0 saturated carbocycles. The van der Waals surface area contributed by atoms with Crippen LogP contribution in [-0.4, -0.2) is 27.5 Å². The van der Waals surface area contributed by atoms with E-state index in [0.717, 1.165) is 43.3 Å². The SMILES string of the molecule is Cc1cc(CNCc2cccn3ccnc23)cc(N2CCCC2)n1. The molecule has 1 aliphatic rings. The van der Waals surface area contributed by atoms with Crippen LogP contribution in [0.4, 0.5) is 5.82 Å². The first-order chi connectivity index (χ1) is 11.8. The van der Waals surface area contributed by atoms with Crippen LogP contribution in [0.1, 0.15) is 29.7 Å². The first kappa shape index (κ1) is 15.1. The monoisotopic (exact) mass is 321 g/mol. The third kappa shape index (κ3) is 3.12. The number of hydrogen-bond donors (Lipinski definition) is 1. The van der Waals surface area contributed by atoms with Gasteiger partial charge in [-0.3, -0.25) is 0 Å². The van der Waals surface area contributed by atoms with Crippen LogP contribution in [0.5, 0.6) is 0 Å². The van der Waals surface area contributed by atoms with Crippen LogP contribution in [0.3, 0.4) is 0 Å². The van der Waals surface area contributed by atoms with Crippen molar-refractivity contribution in [1.29, 1.82) is 0 Å². The second-order valence-electron chi connectivity index (χ2n) is 6.46. The fourth-order valence-electron chi connectivity index (χ4n) is 3.42. The molecule has 3 aromatic rings. The lowest BCUT2D eigenvalue weighted by Gasteiger charge is -2.18. The third-order valence-electron chi connectivity index (χ3n) is 4.57. The zero-order chi connectivity index (χ0) is 16.4. The van der Waals surface area contributed by atoms with E-state index in [-0.39, 0.29) is 0 Å². The van der Waals surface area contributed by atoms with Crippen LogP contribution in [0.25, 0.3) is 5.65 Å². The molecule has 1 aliphatic heterocycles. The fraction of sp³-hybridized carbons (Fsp3) is 0.368. The molecule has 0 amide bonds. The number of anilines is 1. The molecule has 0 atom stereocenters. The number of aryl methyl sites for hydroxylation is 1. The minimum Gasteiger partial charge on any atom is -0.357 e. The summed E-state index contributed by atoms with van der Waals surface area (Å²) in [6.45, 7) is 5.98. The summed E-state index contributed by atoms with van der Waals surface area (Å²) in [5.41, 5.74) is 4.62. The van der Waals surface area contributed by atoms with Gasteiger partial charge in [0.25, 0.3) is 0 Å². The van der Waals surface area contributed by atoms with E-state index in [1.54, 1.807) is 0 Å². The van der Waals surface area contributed by atoms with Crippen LogP contribution in [0.2, 0.25) is 0 Å². The molecule has 0 bridgehead atoms. The van der Waals surface area contributed by atoms with Crippen LogP contribution in [0.15, 0.2) is 42.9 Å². The molecule has 3 aromatic heterocycles. The molecule has 1 fully saturated rings. The number of imidazole rings is 1. The molecule has 24 heavy (non-hydrogen) atoms. The minimum absolute atomic E-state index is 0.807. The highest BCUT2D eigenvalue weighted by Crippen LogP contribution is 2.20. The quantitative estimate of drug-likeness (QED) is 0.785. The summed E-state index contributed by atoms with van der Waals surface area (Å²) >= 11 is 0. The number of fused-ring (bicyclic) bond motifs is 1. The van der Waals surface area contributed by atoms with Crippen LogP contribution in [0, 0.1) is 6.92 Å². The molecule has 0 unspecified atom stereocenters. The maximum atomic E-state index is 4.70. The van der Waals surface area contributed by atoms with Gasteiger partial charge in [-0.2, -0.15) is 0 Å². The van der Waals surface area contributed by atoms with Gasteiger partial charge in [0, 0.05) is 56.0 Å². The minimum atomic E-state index is 0.807.